The summed E-state index contributed by atoms with van der Waals surface area (Å²) in [6.45, 7) is 3.71. The first-order valence-corrected chi connectivity index (χ1v) is 5.42. The van der Waals surface area contributed by atoms with Crippen molar-refractivity contribution in [2.45, 2.75) is 25.4 Å². The van der Waals surface area contributed by atoms with Crippen LogP contribution in [0.1, 0.15) is 19.8 Å². The van der Waals surface area contributed by atoms with Gasteiger partial charge >= 0.3 is 0 Å². The van der Waals surface area contributed by atoms with E-state index in [-0.39, 0.29) is 10.9 Å². The first kappa shape index (κ1) is 10.6. The van der Waals surface area contributed by atoms with Crippen LogP contribution in [-0.2, 0) is 4.74 Å². The Kier molecular flexibility index (Phi) is 3.07. The molecule has 0 saturated carbocycles. The first-order chi connectivity index (χ1) is 7.18. The molecule has 1 fully saturated rings. The molecule has 2 heterocycles. The zero-order valence-corrected chi connectivity index (χ0v) is 9.42. The highest BCUT2D eigenvalue weighted by molar-refractivity contribution is 6.28. The van der Waals surface area contributed by atoms with Crippen LogP contribution < -0.4 is 5.32 Å². The maximum absolute atomic E-state index is 5.68. The number of anilines is 1. The second-order valence-corrected chi connectivity index (χ2v) is 4.30. The Morgan fingerprint density at radius 2 is 2.53 bits per heavy atom. The van der Waals surface area contributed by atoms with Gasteiger partial charge in [-0.1, -0.05) is 0 Å². The van der Waals surface area contributed by atoms with Crippen molar-refractivity contribution in [3.8, 4) is 0 Å². The van der Waals surface area contributed by atoms with Crippen molar-refractivity contribution in [2.24, 2.45) is 0 Å². The van der Waals surface area contributed by atoms with Gasteiger partial charge in [0.2, 0.25) is 5.28 Å². The Morgan fingerprint density at radius 3 is 3.20 bits per heavy atom. The summed E-state index contributed by atoms with van der Waals surface area (Å²) >= 11 is 5.68. The van der Waals surface area contributed by atoms with E-state index in [1.54, 1.807) is 12.3 Å². The topological polar surface area (TPSA) is 47.0 Å². The van der Waals surface area contributed by atoms with Gasteiger partial charge in [-0.3, -0.25) is 0 Å². The third kappa shape index (κ3) is 2.79. The van der Waals surface area contributed by atoms with Crippen LogP contribution in [0, 0.1) is 0 Å². The van der Waals surface area contributed by atoms with E-state index < -0.39 is 0 Å². The summed E-state index contributed by atoms with van der Waals surface area (Å²) < 4.78 is 5.65. The van der Waals surface area contributed by atoms with Gasteiger partial charge in [-0.15, -0.1) is 0 Å². The summed E-state index contributed by atoms with van der Waals surface area (Å²) in [5, 5.41) is 3.47. The third-order valence-electron chi connectivity index (χ3n) is 2.57. The maximum Gasteiger partial charge on any atom is 0.224 e. The number of nitrogens with one attached hydrogen (secondary N) is 1. The SMILES string of the molecule is CC1(CNc2ccnc(Cl)n2)CCCO1. The Bertz CT molecular complexity index is 339. The number of hydrogen-bond donors (Lipinski definition) is 1. The smallest absolute Gasteiger partial charge is 0.224 e. The predicted octanol–water partition coefficient (Wildman–Crippen LogP) is 2.11. The fourth-order valence-electron chi connectivity index (χ4n) is 1.69. The molecule has 0 amide bonds. The number of ether oxygens (including phenoxy) is 1. The highest BCUT2D eigenvalue weighted by Gasteiger charge is 2.29. The summed E-state index contributed by atoms with van der Waals surface area (Å²) in [4.78, 5) is 7.87. The number of halogens is 1. The Hall–Kier alpha value is -0.870. The number of hydrogen-bond acceptors (Lipinski definition) is 4. The van der Waals surface area contributed by atoms with E-state index >= 15 is 0 Å². The summed E-state index contributed by atoms with van der Waals surface area (Å²) in [6, 6.07) is 1.80. The first-order valence-electron chi connectivity index (χ1n) is 5.04. The quantitative estimate of drug-likeness (QED) is 0.804. The molecule has 15 heavy (non-hydrogen) atoms. The molecule has 1 N–H and O–H groups in total. The van der Waals surface area contributed by atoms with Gasteiger partial charge in [-0.25, -0.2) is 9.97 Å². The Morgan fingerprint density at radius 1 is 1.67 bits per heavy atom. The predicted molar refractivity (Wildman–Crippen MR) is 59.1 cm³/mol. The molecular weight excluding hydrogens is 214 g/mol. The number of aromatic nitrogens is 2. The van der Waals surface area contributed by atoms with E-state index in [1.165, 1.54) is 0 Å². The van der Waals surface area contributed by atoms with E-state index in [4.69, 9.17) is 16.3 Å². The van der Waals surface area contributed by atoms with E-state index in [2.05, 4.69) is 22.2 Å². The lowest BCUT2D eigenvalue weighted by molar-refractivity contribution is 0.0315. The molecule has 0 aromatic carbocycles. The maximum atomic E-state index is 5.68. The Labute approximate surface area is 94.0 Å². The molecule has 0 radical (unpaired) electrons. The van der Waals surface area contributed by atoms with E-state index in [0.29, 0.717) is 0 Å². The monoisotopic (exact) mass is 227 g/mol. The van der Waals surface area contributed by atoms with Crippen molar-refractivity contribution in [1.29, 1.82) is 0 Å². The van der Waals surface area contributed by atoms with Crippen molar-refractivity contribution in [3.63, 3.8) is 0 Å². The van der Waals surface area contributed by atoms with Crippen molar-refractivity contribution in [2.75, 3.05) is 18.5 Å². The molecule has 1 atom stereocenters. The lowest BCUT2D eigenvalue weighted by Crippen LogP contribution is -2.32. The molecule has 2 rings (SSSR count). The molecule has 1 aliphatic heterocycles. The van der Waals surface area contributed by atoms with Crippen molar-refractivity contribution < 1.29 is 4.74 Å². The third-order valence-corrected chi connectivity index (χ3v) is 2.75. The van der Waals surface area contributed by atoms with Gasteiger partial charge in [0.05, 0.1) is 5.60 Å². The molecule has 1 aromatic rings. The molecule has 1 saturated heterocycles. The highest BCUT2D eigenvalue weighted by atomic mass is 35.5. The second kappa shape index (κ2) is 4.33. The van der Waals surface area contributed by atoms with Crippen LogP contribution in [0.3, 0.4) is 0 Å². The van der Waals surface area contributed by atoms with Crippen LogP contribution in [0.25, 0.3) is 0 Å². The van der Waals surface area contributed by atoms with Gasteiger partial charge in [-0.05, 0) is 37.4 Å². The van der Waals surface area contributed by atoms with Crippen molar-refractivity contribution in [3.05, 3.63) is 17.5 Å². The summed E-state index contributed by atoms with van der Waals surface area (Å²) in [6.07, 6.45) is 3.84. The van der Waals surface area contributed by atoms with Gasteiger partial charge in [0.15, 0.2) is 0 Å². The zero-order chi connectivity index (χ0) is 10.7. The van der Waals surface area contributed by atoms with Crippen molar-refractivity contribution >= 4 is 17.4 Å². The Balaban J connectivity index is 1.92. The number of rotatable bonds is 3. The summed E-state index contributed by atoms with van der Waals surface area (Å²) in [5.41, 5.74) is -0.0720. The summed E-state index contributed by atoms with van der Waals surface area (Å²) in [5.74, 6) is 0.742. The van der Waals surface area contributed by atoms with Crippen LogP contribution in [-0.4, -0.2) is 28.7 Å². The second-order valence-electron chi connectivity index (χ2n) is 3.97. The molecule has 0 aliphatic carbocycles. The van der Waals surface area contributed by atoms with E-state index in [9.17, 15) is 0 Å². The molecule has 82 valence electrons. The van der Waals surface area contributed by atoms with Gasteiger partial charge in [0.1, 0.15) is 5.82 Å². The molecule has 1 aromatic heterocycles. The average Bonchev–Trinajstić information content (AvgIpc) is 2.63. The standard InChI is InChI=1S/C10H14ClN3O/c1-10(4-2-6-15-10)7-13-8-3-5-12-9(11)14-8/h3,5H,2,4,6-7H2,1H3,(H,12,13,14). The van der Waals surface area contributed by atoms with Crippen molar-refractivity contribution in [1.82, 2.24) is 9.97 Å². The van der Waals surface area contributed by atoms with Gasteiger partial charge < -0.3 is 10.1 Å². The zero-order valence-electron chi connectivity index (χ0n) is 8.66. The fourth-order valence-corrected chi connectivity index (χ4v) is 1.83. The minimum absolute atomic E-state index is 0.0720. The van der Waals surface area contributed by atoms with Crippen LogP contribution >= 0.6 is 11.6 Å². The van der Waals surface area contributed by atoms with Gasteiger partial charge in [0.25, 0.3) is 0 Å². The van der Waals surface area contributed by atoms with E-state index in [0.717, 1.165) is 31.8 Å². The van der Waals surface area contributed by atoms with Gasteiger partial charge in [0, 0.05) is 19.3 Å². The highest BCUT2D eigenvalue weighted by Crippen LogP contribution is 2.25. The molecule has 0 bridgehead atoms. The average molecular weight is 228 g/mol. The van der Waals surface area contributed by atoms with Crippen LogP contribution in [0.15, 0.2) is 12.3 Å². The van der Waals surface area contributed by atoms with Crippen LogP contribution in [0.4, 0.5) is 5.82 Å². The molecule has 0 spiro atoms. The lowest BCUT2D eigenvalue weighted by Gasteiger charge is -2.23. The minimum atomic E-state index is -0.0720. The number of nitrogens with zero attached hydrogens (tertiary/aromatic N) is 2. The molecule has 1 aliphatic rings. The van der Waals surface area contributed by atoms with E-state index in [1.807, 2.05) is 0 Å². The van der Waals surface area contributed by atoms with Gasteiger partial charge in [-0.2, -0.15) is 0 Å². The lowest BCUT2D eigenvalue weighted by atomic mass is 10.0. The minimum Gasteiger partial charge on any atom is -0.373 e. The van der Waals surface area contributed by atoms with Crippen LogP contribution in [0.5, 0.6) is 0 Å². The molecular formula is C10H14ClN3O. The molecule has 1 unspecified atom stereocenters. The molecule has 5 heteroatoms. The fraction of sp³-hybridized carbons (Fsp3) is 0.600. The summed E-state index contributed by atoms with van der Waals surface area (Å²) in [7, 11) is 0. The molecule has 4 nitrogen and oxygen atoms in total. The normalized spacial score (nSPS) is 25.5. The largest absolute Gasteiger partial charge is 0.373 e. The van der Waals surface area contributed by atoms with Crippen LogP contribution in [0.2, 0.25) is 5.28 Å².